The molecular formula is C12H16ClN5O. The summed E-state index contributed by atoms with van der Waals surface area (Å²) in [5, 5.41) is 12.1. The van der Waals surface area contributed by atoms with Gasteiger partial charge in [0, 0.05) is 5.69 Å². The first kappa shape index (κ1) is 13.8. The van der Waals surface area contributed by atoms with Crippen molar-refractivity contribution in [3.8, 4) is 11.4 Å². The maximum absolute atomic E-state index is 6.16. The van der Waals surface area contributed by atoms with Crippen molar-refractivity contribution < 1.29 is 4.74 Å². The number of nitrogens with two attached hydrogens (primary N) is 1. The predicted octanol–water partition coefficient (Wildman–Crippen LogP) is 2.00. The van der Waals surface area contributed by atoms with Crippen LogP contribution in [0.2, 0.25) is 5.02 Å². The van der Waals surface area contributed by atoms with E-state index in [0.717, 1.165) is 0 Å². The monoisotopic (exact) mass is 281 g/mol. The molecule has 7 heteroatoms. The number of tetrazole rings is 1. The summed E-state index contributed by atoms with van der Waals surface area (Å²) in [6.07, 6.45) is 0.172. The Morgan fingerprint density at radius 2 is 2.21 bits per heavy atom. The van der Waals surface area contributed by atoms with E-state index in [-0.39, 0.29) is 6.10 Å². The van der Waals surface area contributed by atoms with Crippen LogP contribution in [0.15, 0.2) is 18.2 Å². The minimum atomic E-state index is 0.172. The largest absolute Gasteiger partial charge is 0.398 e. The third kappa shape index (κ3) is 3.21. The van der Waals surface area contributed by atoms with Crippen LogP contribution in [-0.2, 0) is 11.3 Å². The number of nitrogens with zero attached hydrogens (tertiary/aromatic N) is 4. The van der Waals surface area contributed by atoms with Gasteiger partial charge < -0.3 is 10.5 Å². The Morgan fingerprint density at radius 1 is 1.42 bits per heavy atom. The molecule has 0 spiro atoms. The molecule has 1 aromatic heterocycles. The zero-order valence-corrected chi connectivity index (χ0v) is 11.6. The van der Waals surface area contributed by atoms with Gasteiger partial charge in [0.2, 0.25) is 0 Å². The normalized spacial score (nSPS) is 11.2. The average molecular weight is 282 g/mol. The molecule has 0 aliphatic heterocycles. The van der Waals surface area contributed by atoms with Gasteiger partial charge in [0.25, 0.3) is 0 Å². The van der Waals surface area contributed by atoms with Crippen LogP contribution in [0.5, 0.6) is 0 Å². The standard InChI is InChI=1S/C12H16ClN5O/c1-8(2)19-7-6-18-12(15-16-17-18)11-9(13)4-3-5-10(11)14/h3-5,8H,6-7,14H2,1-2H3. The van der Waals surface area contributed by atoms with Gasteiger partial charge in [0.05, 0.1) is 29.8 Å². The lowest BCUT2D eigenvalue weighted by Gasteiger charge is -2.10. The molecule has 2 rings (SSSR count). The highest BCUT2D eigenvalue weighted by atomic mass is 35.5. The van der Waals surface area contributed by atoms with Crippen LogP contribution < -0.4 is 5.73 Å². The van der Waals surface area contributed by atoms with Crippen LogP contribution in [-0.4, -0.2) is 32.9 Å². The van der Waals surface area contributed by atoms with E-state index in [9.17, 15) is 0 Å². The van der Waals surface area contributed by atoms with E-state index in [0.29, 0.717) is 35.2 Å². The molecule has 0 atom stereocenters. The van der Waals surface area contributed by atoms with Gasteiger partial charge in [0.1, 0.15) is 0 Å². The van der Waals surface area contributed by atoms with Crippen molar-refractivity contribution in [3.05, 3.63) is 23.2 Å². The lowest BCUT2D eigenvalue weighted by Crippen LogP contribution is -2.13. The molecule has 0 fully saturated rings. The van der Waals surface area contributed by atoms with E-state index in [2.05, 4.69) is 15.5 Å². The third-order valence-corrected chi connectivity index (χ3v) is 2.87. The fourth-order valence-corrected chi connectivity index (χ4v) is 1.95. The topological polar surface area (TPSA) is 78.8 Å². The first-order valence-corrected chi connectivity index (χ1v) is 6.39. The molecule has 19 heavy (non-hydrogen) atoms. The van der Waals surface area contributed by atoms with Crippen LogP contribution in [0, 0.1) is 0 Å². The molecule has 0 radical (unpaired) electrons. The Morgan fingerprint density at radius 3 is 2.89 bits per heavy atom. The van der Waals surface area contributed by atoms with E-state index >= 15 is 0 Å². The quantitative estimate of drug-likeness (QED) is 0.848. The molecule has 0 aliphatic carbocycles. The number of rotatable bonds is 5. The van der Waals surface area contributed by atoms with Gasteiger partial charge in [-0.1, -0.05) is 17.7 Å². The van der Waals surface area contributed by atoms with Gasteiger partial charge in [-0.25, -0.2) is 4.68 Å². The maximum atomic E-state index is 6.16. The van der Waals surface area contributed by atoms with Crippen molar-refractivity contribution in [3.63, 3.8) is 0 Å². The molecule has 102 valence electrons. The first-order valence-electron chi connectivity index (χ1n) is 6.01. The third-order valence-electron chi connectivity index (χ3n) is 2.56. The van der Waals surface area contributed by atoms with Crippen molar-refractivity contribution in [2.45, 2.75) is 26.5 Å². The summed E-state index contributed by atoms with van der Waals surface area (Å²) >= 11 is 6.16. The Balaban J connectivity index is 2.24. The Bertz CT molecular complexity index is 535. The maximum Gasteiger partial charge on any atom is 0.185 e. The van der Waals surface area contributed by atoms with Gasteiger partial charge in [-0.3, -0.25) is 0 Å². The molecule has 6 nitrogen and oxygen atoms in total. The first-order chi connectivity index (χ1) is 9.09. The summed E-state index contributed by atoms with van der Waals surface area (Å²) in [5.41, 5.74) is 7.13. The minimum Gasteiger partial charge on any atom is -0.398 e. The van der Waals surface area contributed by atoms with E-state index in [1.54, 1.807) is 22.9 Å². The number of ether oxygens (including phenoxy) is 1. The Labute approximate surface area is 116 Å². The summed E-state index contributed by atoms with van der Waals surface area (Å²) in [4.78, 5) is 0. The van der Waals surface area contributed by atoms with Crippen LogP contribution in [0.1, 0.15) is 13.8 Å². The highest BCUT2D eigenvalue weighted by Crippen LogP contribution is 2.31. The summed E-state index contributed by atoms with van der Waals surface area (Å²) in [7, 11) is 0. The lowest BCUT2D eigenvalue weighted by atomic mass is 10.1. The number of benzene rings is 1. The lowest BCUT2D eigenvalue weighted by molar-refractivity contribution is 0.0709. The Kier molecular flexibility index (Phi) is 4.34. The van der Waals surface area contributed by atoms with Gasteiger partial charge >= 0.3 is 0 Å². The van der Waals surface area contributed by atoms with E-state index in [1.165, 1.54) is 0 Å². The molecular weight excluding hydrogens is 266 g/mol. The molecule has 0 saturated carbocycles. The number of aromatic nitrogens is 4. The number of hydrogen-bond acceptors (Lipinski definition) is 5. The van der Waals surface area contributed by atoms with Gasteiger partial charge in [-0.2, -0.15) is 0 Å². The molecule has 1 aromatic carbocycles. The molecule has 0 amide bonds. The second-order valence-corrected chi connectivity index (χ2v) is 4.76. The molecule has 0 bridgehead atoms. The predicted molar refractivity (Wildman–Crippen MR) is 73.8 cm³/mol. The van der Waals surface area contributed by atoms with Gasteiger partial charge in [-0.05, 0) is 36.4 Å². The summed E-state index contributed by atoms with van der Waals surface area (Å²) in [6, 6.07) is 5.32. The smallest absolute Gasteiger partial charge is 0.185 e. The molecule has 1 heterocycles. The van der Waals surface area contributed by atoms with Crippen LogP contribution in [0.3, 0.4) is 0 Å². The zero-order valence-electron chi connectivity index (χ0n) is 10.9. The van der Waals surface area contributed by atoms with Crippen LogP contribution in [0.4, 0.5) is 5.69 Å². The van der Waals surface area contributed by atoms with E-state index in [4.69, 9.17) is 22.1 Å². The van der Waals surface area contributed by atoms with Gasteiger partial charge in [0.15, 0.2) is 5.82 Å². The summed E-state index contributed by atoms with van der Waals surface area (Å²) in [6.45, 7) is 5.03. The van der Waals surface area contributed by atoms with E-state index < -0.39 is 0 Å². The fourth-order valence-electron chi connectivity index (χ4n) is 1.69. The second-order valence-electron chi connectivity index (χ2n) is 4.35. The highest BCUT2D eigenvalue weighted by molar-refractivity contribution is 6.33. The van der Waals surface area contributed by atoms with Crippen molar-refractivity contribution in [1.29, 1.82) is 0 Å². The molecule has 2 N–H and O–H groups in total. The zero-order chi connectivity index (χ0) is 13.8. The highest BCUT2D eigenvalue weighted by Gasteiger charge is 2.15. The summed E-state index contributed by atoms with van der Waals surface area (Å²) < 4.78 is 7.12. The SMILES string of the molecule is CC(C)OCCn1nnnc1-c1c(N)cccc1Cl. The summed E-state index contributed by atoms with van der Waals surface area (Å²) in [5.74, 6) is 0.551. The van der Waals surface area contributed by atoms with Gasteiger partial charge in [-0.15, -0.1) is 5.10 Å². The average Bonchev–Trinajstić information content (AvgIpc) is 2.77. The number of nitrogen functional groups attached to an aromatic ring is 1. The molecule has 0 aliphatic rings. The second kappa shape index (κ2) is 5.99. The number of anilines is 1. The molecule has 0 saturated heterocycles. The van der Waals surface area contributed by atoms with Crippen molar-refractivity contribution in [2.75, 3.05) is 12.3 Å². The molecule has 2 aromatic rings. The number of halogens is 1. The van der Waals surface area contributed by atoms with E-state index in [1.807, 2.05) is 13.8 Å². The fraction of sp³-hybridized carbons (Fsp3) is 0.417. The van der Waals surface area contributed by atoms with Crippen LogP contribution in [0.25, 0.3) is 11.4 Å². The Hall–Kier alpha value is -1.66. The van der Waals surface area contributed by atoms with Crippen molar-refractivity contribution in [1.82, 2.24) is 20.2 Å². The number of hydrogen-bond donors (Lipinski definition) is 1. The van der Waals surface area contributed by atoms with Crippen molar-refractivity contribution >= 4 is 17.3 Å². The minimum absolute atomic E-state index is 0.172. The van der Waals surface area contributed by atoms with Crippen LogP contribution >= 0.6 is 11.6 Å². The molecule has 0 unspecified atom stereocenters. The van der Waals surface area contributed by atoms with Crippen molar-refractivity contribution in [2.24, 2.45) is 0 Å².